The van der Waals surface area contributed by atoms with Crippen LogP contribution in [0.4, 0.5) is 0 Å². The molecular formula is C33H38HfS+2. The van der Waals surface area contributed by atoms with Crippen LogP contribution >= 0.6 is 11.3 Å². The average Bonchev–Trinajstić information content (AvgIpc) is 3.46. The predicted octanol–water partition coefficient (Wildman–Crippen LogP) is 9.31. The van der Waals surface area contributed by atoms with E-state index in [0.29, 0.717) is 11.8 Å². The first-order chi connectivity index (χ1) is 15.8. The molecule has 0 bridgehead atoms. The van der Waals surface area contributed by atoms with Gasteiger partial charge in [-0.25, -0.2) is 0 Å². The van der Waals surface area contributed by atoms with Crippen molar-refractivity contribution < 1.29 is 25.8 Å². The molecule has 0 amide bonds. The molecule has 35 heavy (non-hydrogen) atoms. The van der Waals surface area contributed by atoms with E-state index < -0.39 is 0 Å². The van der Waals surface area contributed by atoms with Crippen molar-refractivity contribution >= 4 is 27.5 Å². The minimum absolute atomic E-state index is 0. The van der Waals surface area contributed by atoms with Crippen LogP contribution in [0.5, 0.6) is 0 Å². The maximum atomic E-state index is 2.56. The second-order valence-corrected chi connectivity index (χ2v) is 12.0. The number of allylic oxidation sites excluding steroid dienone is 9. The van der Waals surface area contributed by atoms with Gasteiger partial charge in [0.15, 0.2) is 0 Å². The molecule has 2 fully saturated rings. The Balaban J connectivity index is 0.000000963. The van der Waals surface area contributed by atoms with Crippen molar-refractivity contribution in [3.63, 3.8) is 0 Å². The number of fused-ring (bicyclic) bond motifs is 8. The molecule has 178 valence electrons. The Hall–Kier alpha value is -1.25. The Morgan fingerprint density at radius 3 is 2.06 bits per heavy atom. The molecule has 1 aromatic heterocycles. The maximum Gasteiger partial charge on any atom is 4.00 e. The van der Waals surface area contributed by atoms with Gasteiger partial charge in [-0.1, -0.05) is 79.8 Å². The summed E-state index contributed by atoms with van der Waals surface area (Å²) in [5.41, 5.74) is 1.69. The first kappa shape index (κ1) is 26.8. The fraction of sp³-hybridized carbons (Fsp3) is 0.394. The summed E-state index contributed by atoms with van der Waals surface area (Å²) in [6.07, 6.45) is 28.4. The second-order valence-electron chi connectivity index (χ2n) is 10.9. The van der Waals surface area contributed by atoms with Crippen molar-refractivity contribution in [1.29, 1.82) is 0 Å². The normalized spacial score (nSPS) is 37.0. The number of hydrogen-bond acceptors (Lipinski definition) is 1. The van der Waals surface area contributed by atoms with Gasteiger partial charge < -0.3 is 14.9 Å². The van der Waals surface area contributed by atoms with E-state index in [9.17, 15) is 0 Å². The first-order valence-electron chi connectivity index (χ1n) is 12.7. The average molecular weight is 645 g/mol. The summed E-state index contributed by atoms with van der Waals surface area (Å²) < 4.78 is 1.47. The van der Waals surface area contributed by atoms with Crippen LogP contribution in [0.2, 0.25) is 0 Å². The second kappa shape index (κ2) is 10.6. The number of benzene rings is 1. The largest absolute Gasteiger partial charge is 4.00 e. The van der Waals surface area contributed by atoms with E-state index in [4.69, 9.17) is 0 Å². The molecule has 1 aromatic carbocycles. The summed E-state index contributed by atoms with van der Waals surface area (Å²) in [4.78, 5) is 1.54. The van der Waals surface area contributed by atoms with Gasteiger partial charge in [0, 0.05) is 9.58 Å². The summed E-state index contributed by atoms with van der Waals surface area (Å²) >= 11 is 2.00. The number of hydrogen-bond donors (Lipinski definition) is 0. The zero-order valence-corrected chi connectivity index (χ0v) is 25.7. The Morgan fingerprint density at radius 2 is 1.37 bits per heavy atom. The molecule has 7 rings (SSSR count). The summed E-state index contributed by atoms with van der Waals surface area (Å²) in [6.45, 7) is 2.54. The summed E-state index contributed by atoms with van der Waals surface area (Å²) in [5.74, 6) is 6.72. The summed E-state index contributed by atoms with van der Waals surface area (Å²) in [7, 11) is 0. The molecule has 5 aliphatic rings. The van der Waals surface area contributed by atoms with Gasteiger partial charge in [0.1, 0.15) is 0 Å². The molecule has 0 radical (unpaired) electrons. The van der Waals surface area contributed by atoms with Gasteiger partial charge in [0.2, 0.25) is 0 Å². The van der Waals surface area contributed by atoms with Crippen molar-refractivity contribution in [3.8, 4) is 0 Å². The summed E-state index contributed by atoms with van der Waals surface area (Å²) in [5, 5.41) is 1.53. The van der Waals surface area contributed by atoms with Gasteiger partial charge in [0.25, 0.3) is 0 Å². The quantitative estimate of drug-likeness (QED) is 0.231. The third-order valence-electron chi connectivity index (χ3n) is 9.50. The molecule has 5 aliphatic carbocycles. The minimum Gasteiger partial charge on any atom is -0.358 e. The van der Waals surface area contributed by atoms with Crippen molar-refractivity contribution in [1.82, 2.24) is 0 Å². The monoisotopic (exact) mass is 646 g/mol. The van der Waals surface area contributed by atoms with Crippen molar-refractivity contribution in [2.75, 3.05) is 0 Å². The van der Waals surface area contributed by atoms with Gasteiger partial charge in [0.05, 0.1) is 0 Å². The van der Waals surface area contributed by atoms with Crippen LogP contribution in [-0.2, 0) is 25.8 Å². The van der Waals surface area contributed by atoms with E-state index in [0.717, 1.165) is 41.4 Å². The molecule has 1 heterocycles. The Labute approximate surface area is 235 Å². The molecule has 0 nitrogen and oxygen atoms in total. The predicted molar refractivity (Wildman–Crippen MR) is 150 cm³/mol. The zero-order chi connectivity index (χ0) is 21.2. The van der Waals surface area contributed by atoms with Crippen LogP contribution in [0.15, 0.2) is 78.9 Å². The summed E-state index contributed by atoms with van der Waals surface area (Å²) in [6, 6.07) is 9.14. The Morgan fingerprint density at radius 1 is 0.771 bits per heavy atom. The molecule has 0 saturated heterocycles. The third kappa shape index (κ3) is 4.21. The SMILES string of the molecule is CC1CC2C=Cc3sc4ccccc4c3C2C1CCC1C2C=CC=CC2C2C=CC=CC21.[CH3-].[CH3-].[Hf+4]. The van der Waals surface area contributed by atoms with Crippen LogP contribution in [0.25, 0.3) is 16.2 Å². The van der Waals surface area contributed by atoms with Crippen LogP contribution in [-0.4, -0.2) is 0 Å². The van der Waals surface area contributed by atoms with Crippen LogP contribution in [0, 0.1) is 62.2 Å². The minimum atomic E-state index is 0. The van der Waals surface area contributed by atoms with Crippen molar-refractivity contribution in [3.05, 3.63) is 104 Å². The van der Waals surface area contributed by atoms with E-state index in [1.54, 1.807) is 5.56 Å². The van der Waals surface area contributed by atoms with Crippen molar-refractivity contribution in [2.45, 2.75) is 32.1 Å². The molecule has 0 spiro atoms. The van der Waals surface area contributed by atoms with Crippen LogP contribution in [0.1, 0.15) is 42.5 Å². The first-order valence-corrected chi connectivity index (χ1v) is 13.5. The Bertz CT molecular complexity index is 1160. The van der Waals surface area contributed by atoms with Gasteiger partial charge in [-0.2, -0.15) is 0 Å². The van der Waals surface area contributed by atoms with Gasteiger partial charge >= 0.3 is 25.8 Å². The topological polar surface area (TPSA) is 0 Å². The fourth-order valence-corrected chi connectivity index (χ4v) is 9.39. The fourth-order valence-electron chi connectivity index (χ4n) is 8.21. The van der Waals surface area contributed by atoms with E-state index in [1.165, 1.54) is 34.2 Å². The Kier molecular flexibility index (Phi) is 8.13. The molecule has 2 heteroatoms. The smallest absolute Gasteiger partial charge is 0.358 e. The van der Waals surface area contributed by atoms with Gasteiger partial charge in [-0.05, 0) is 95.6 Å². The van der Waals surface area contributed by atoms with Gasteiger partial charge in [-0.3, -0.25) is 0 Å². The third-order valence-corrected chi connectivity index (χ3v) is 10.7. The number of thiophene rings is 1. The van der Waals surface area contributed by atoms with Crippen molar-refractivity contribution in [2.24, 2.45) is 47.3 Å². The van der Waals surface area contributed by atoms with E-state index >= 15 is 0 Å². The molecule has 8 unspecified atom stereocenters. The molecule has 0 N–H and O–H groups in total. The maximum absolute atomic E-state index is 2.56. The van der Waals surface area contributed by atoms with Gasteiger partial charge in [-0.15, -0.1) is 11.3 Å². The van der Waals surface area contributed by atoms with E-state index in [2.05, 4.69) is 91.9 Å². The molecule has 2 aromatic rings. The molecule has 2 saturated carbocycles. The van der Waals surface area contributed by atoms with Crippen LogP contribution in [0.3, 0.4) is 0 Å². The molecular weight excluding hydrogens is 607 g/mol. The standard InChI is InChI=1S/C31H32S.2CH3.Hf/c1-19-18-20-14-17-29-31(27-12-6-7-13-28(27)32-29)30(20)21(19)15-16-26-24-10-4-2-8-22(24)23-9-3-5-11-25(23)26;;;/h2-14,17,19-26,30H,15-16,18H2,1H3;2*1H3;/q;2*-1;+4. The molecule has 8 atom stereocenters. The molecule has 0 aliphatic heterocycles. The zero-order valence-electron chi connectivity index (χ0n) is 21.3. The number of rotatable bonds is 3. The van der Waals surface area contributed by atoms with Crippen LogP contribution < -0.4 is 0 Å². The van der Waals surface area contributed by atoms with E-state index in [1.807, 2.05) is 11.3 Å². The van der Waals surface area contributed by atoms with E-state index in [-0.39, 0.29) is 40.7 Å².